The van der Waals surface area contributed by atoms with Crippen LogP contribution in [0, 0.1) is 11.6 Å². The molecule has 1 aromatic heterocycles. The zero-order valence-electron chi connectivity index (χ0n) is 9.29. The molecule has 96 valence electrons. The topological polar surface area (TPSA) is 38.0 Å². The summed E-state index contributed by atoms with van der Waals surface area (Å²) >= 11 is 4.56. The Morgan fingerprint density at radius 1 is 1.33 bits per heavy atom. The highest BCUT2D eigenvalue weighted by atomic mass is 79.9. The van der Waals surface area contributed by atoms with Crippen LogP contribution < -0.4 is 11.3 Å². The van der Waals surface area contributed by atoms with E-state index in [1.54, 1.807) is 0 Å². The number of thiophene rings is 1. The van der Waals surface area contributed by atoms with Gasteiger partial charge in [0.25, 0.3) is 0 Å². The van der Waals surface area contributed by atoms with Gasteiger partial charge in [0.15, 0.2) is 0 Å². The fourth-order valence-electron chi connectivity index (χ4n) is 1.71. The molecule has 0 aliphatic carbocycles. The predicted octanol–water partition coefficient (Wildman–Crippen LogP) is 3.54. The first kappa shape index (κ1) is 13.6. The summed E-state index contributed by atoms with van der Waals surface area (Å²) in [7, 11) is 0. The number of hydrogen-bond donors (Lipinski definition) is 2. The molecule has 0 bridgehead atoms. The first-order chi connectivity index (χ1) is 8.63. The predicted molar refractivity (Wildman–Crippen MR) is 72.1 cm³/mol. The number of hydrazine groups is 1. The van der Waals surface area contributed by atoms with Crippen molar-refractivity contribution in [3.63, 3.8) is 0 Å². The highest BCUT2D eigenvalue weighted by Gasteiger charge is 2.18. The van der Waals surface area contributed by atoms with Crippen molar-refractivity contribution >= 4 is 27.3 Å². The fraction of sp³-hybridized carbons (Fsp3) is 0.167. The number of benzene rings is 1. The molecule has 0 saturated heterocycles. The highest BCUT2D eigenvalue weighted by Crippen LogP contribution is 2.27. The second kappa shape index (κ2) is 5.88. The quantitative estimate of drug-likeness (QED) is 0.510. The molecule has 3 N–H and O–H groups in total. The van der Waals surface area contributed by atoms with Gasteiger partial charge in [-0.1, -0.05) is 0 Å². The van der Waals surface area contributed by atoms with Crippen LogP contribution >= 0.6 is 27.3 Å². The average molecular weight is 333 g/mol. The lowest BCUT2D eigenvalue weighted by atomic mass is 10.0. The summed E-state index contributed by atoms with van der Waals surface area (Å²) < 4.78 is 27.7. The molecule has 0 amide bonds. The van der Waals surface area contributed by atoms with Crippen molar-refractivity contribution in [2.75, 3.05) is 0 Å². The third kappa shape index (κ3) is 2.77. The summed E-state index contributed by atoms with van der Waals surface area (Å²) in [5.74, 6) is 4.31. The van der Waals surface area contributed by atoms with E-state index in [-0.39, 0.29) is 22.5 Å². The SMILES string of the molecule is NNC(Cc1c(F)ccc(Br)c1F)c1ccsc1. The van der Waals surface area contributed by atoms with Crippen molar-refractivity contribution in [3.8, 4) is 0 Å². The van der Waals surface area contributed by atoms with Crippen LogP contribution in [0.2, 0.25) is 0 Å². The first-order valence-corrected chi connectivity index (χ1v) is 6.97. The fourth-order valence-corrected chi connectivity index (χ4v) is 2.79. The molecule has 0 radical (unpaired) electrons. The minimum absolute atomic E-state index is 0.0264. The Hall–Kier alpha value is -0.820. The van der Waals surface area contributed by atoms with E-state index < -0.39 is 11.6 Å². The number of nitrogens with one attached hydrogen (secondary N) is 1. The third-order valence-corrected chi connectivity index (χ3v) is 4.01. The summed E-state index contributed by atoms with van der Waals surface area (Å²) in [4.78, 5) is 0. The number of nitrogens with two attached hydrogens (primary N) is 1. The van der Waals surface area contributed by atoms with Crippen LogP contribution in [0.5, 0.6) is 0 Å². The molecule has 0 aliphatic rings. The number of rotatable bonds is 4. The monoisotopic (exact) mass is 332 g/mol. The maximum absolute atomic E-state index is 13.8. The first-order valence-electron chi connectivity index (χ1n) is 5.24. The van der Waals surface area contributed by atoms with Crippen LogP contribution in [0.15, 0.2) is 33.4 Å². The Morgan fingerprint density at radius 3 is 2.72 bits per heavy atom. The van der Waals surface area contributed by atoms with Crippen LogP contribution in [0.25, 0.3) is 0 Å². The van der Waals surface area contributed by atoms with Crippen molar-refractivity contribution in [2.24, 2.45) is 5.84 Å². The molecule has 0 spiro atoms. The van der Waals surface area contributed by atoms with E-state index in [1.807, 2.05) is 16.8 Å². The van der Waals surface area contributed by atoms with Crippen molar-refractivity contribution in [2.45, 2.75) is 12.5 Å². The minimum atomic E-state index is -0.578. The molecule has 0 aliphatic heterocycles. The molecule has 1 atom stereocenters. The summed E-state index contributed by atoms with van der Waals surface area (Å²) in [6, 6.07) is 4.16. The van der Waals surface area contributed by atoms with Gasteiger partial charge < -0.3 is 0 Å². The molecule has 2 nitrogen and oxygen atoms in total. The maximum Gasteiger partial charge on any atom is 0.143 e. The van der Waals surface area contributed by atoms with Crippen LogP contribution in [0.1, 0.15) is 17.2 Å². The Morgan fingerprint density at radius 2 is 2.11 bits per heavy atom. The van der Waals surface area contributed by atoms with Gasteiger partial charge in [0, 0.05) is 5.56 Å². The normalized spacial score (nSPS) is 12.7. The van der Waals surface area contributed by atoms with Gasteiger partial charge in [0.2, 0.25) is 0 Å². The molecule has 1 unspecified atom stereocenters. The Labute approximate surface area is 116 Å². The van der Waals surface area contributed by atoms with E-state index in [0.717, 1.165) is 5.56 Å². The van der Waals surface area contributed by atoms with Gasteiger partial charge in [-0.15, -0.1) is 0 Å². The van der Waals surface area contributed by atoms with Crippen molar-refractivity contribution in [1.29, 1.82) is 0 Å². The third-order valence-electron chi connectivity index (χ3n) is 2.69. The molecular formula is C12H11BrF2N2S. The Kier molecular flexibility index (Phi) is 4.45. The number of hydrogen-bond acceptors (Lipinski definition) is 3. The molecule has 6 heteroatoms. The van der Waals surface area contributed by atoms with Crippen LogP contribution in [0.3, 0.4) is 0 Å². The lowest BCUT2D eigenvalue weighted by molar-refractivity contribution is 0.498. The molecule has 2 aromatic rings. The highest BCUT2D eigenvalue weighted by molar-refractivity contribution is 9.10. The average Bonchev–Trinajstić information content (AvgIpc) is 2.88. The summed E-state index contributed by atoms with van der Waals surface area (Å²) in [5, 5.41) is 3.80. The van der Waals surface area contributed by atoms with Gasteiger partial charge in [-0.05, 0) is 56.9 Å². The minimum Gasteiger partial charge on any atom is -0.271 e. The Balaban J connectivity index is 2.30. The van der Waals surface area contributed by atoms with E-state index in [0.29, 0.717) is 0 Å². The van der Waals surface area contributed by atoms with E-state index in [9.17, 15) is 8.78 Å². The standard InChI is InChI=1S/C12H11BrF2N2S/c13-9-1-2-10(14)8(12(9)15)5-11(17-16)7-3-4-18-6-7/h1-4,6,11,17H,5,16H2. The summed E-state index contributed by atoms with van der Waals surface area (Å²) in [5.41, 5.74) is 3.53. The molecule has 2 rings (SSSR count). The van der Waals surface area contributed by atoms with Crippen LogP contribution in [-0.4, -0.2) is 0 Å². The molecule has 0 saturated carbocycles. The Bertz CT molecular complexity index is 531. The van der Waals surface area contributed by atoms with Crippen molar-refractivity contribution in [1.82, 2.24) is 5.43 Å². The van der Waals surface area contributed by atoms with Gasteiger partial charge >= 0.3 is 0 Å². The van der Waals surface area contributed by atoms with Gasteiger partial charge in [-0.25, -0.2) is 8.78 Å². The smallest absolute Gasteiger partial charge is 0.143 e. The second-order valence-corrected chi connectivity index (χ2v) is 5.44. The van der Waals surface area contributed by atoms with E-state index in [1.165, 1.54) is 23.5 Å². The molecule has 1 aromatic carbocycles. The van der Waals surface area contributed by atoms with Gasteiger partial charge in [0.1, 0.15) is 11.6 Å². The van der Waals surface area contributed by atoms with E-state index in [2.05, 4.69) is 21.4 Å². The lowest BCUT2D eigenvalue weighted by Crippen LogP contribution is -2.29. The van der Waals surface area contributed by atoms with Gasteiger partial charge in [-0.2, -0.15) is 11.3 Å². The zero-order chi connectivity index (χ0) is 13.1. The van der Waals surface area contributed by atoms with Crippen LogP contribution in [0.4, 0.5) is 8.78 Å². The number of halogens is 3. The van der Waals surface area contributed by atoms with Gasteiger partial charge in [0.05, 0.1) is 10.5 Å². The van der Waals surface area contributed by atoms with E-state index in [4.69, 9.17) is 5.84 Å². The summed E-state index contributed by atoms with van der Waals surface area (Å²) in [6.45, 7) is 0. The lowest BCUT2D eigenvalue weighted by Gasteiger charge is -2.16. The van der Waals surface area contributed by atoms with Crippen molar-refractivity contribution < 1.29 is 8.78 Å². The van der Waals surface area contributed by atoms with Crippen molar-refractivity contribution in [3.05, 3.63) is 56.2 Å². The molecule has 1 heterocycles. The molecule has 0 fully saturated rings. The second-order valence-electron chi connectivity index (χ2n) is 3.80. The molecule has 18 heavy (non-hydrogen) atoms. The summed E-state index contributed by atoms with van der Waals surface area (Å²) in [6.07, 6.45) is 0.157. The molecular weight excluding hydrogens is 322 g/mol. The maximum atomic E-state index is 13.8. The van der Waals surface area contributed by atoms with Gasteiger partial charge in [-0.3, -0.25) is 11.3 Å². The largest absolute Gasteiger partial charge is 0.271 e. The zero-order valence-corrected chi connectivity index (χ0v) is 11.7. The van der Waals surface area contributed by atoms with E-state index >= 15 is 0 Å². The van der Waals surface area contributed by atoms with Crippen LogP contribution in [-0.2, 0) is 6.42 Å².